The van der Waals surface area contributed by atoms with Crippen LogP contribution in [0, 0.1) is 5.92 Å². The molecular weight excluding hydrogens is 262 g/mol. The van der Waals surface area contributed by atoms with Gasteiger partial charge in [0.05, 0.1) is 12.6 Å². The average Bonchev–Trinajstić information content (AvgIpc) is 2.32. The number of hydrogen-bond donors (Lipinski definition) is 4. The number of carboxylic acids is 1. The summed E-state index contributed by atoms with van der Waals surface area (Å²) in [5.41, 5.74) is 5.01. The number of hydrogen-bond acceptors (Lipinski definition) is 4. The van der Waals surface area contributed by atoms with Crippen molar-refractivity contribution in [3.05, 3.63) is 0 Å². The van der Waals surface area contributed by atoms with E-state index in [1.165, 1.54) is 0 Å². The molecule has 0 spiro atoms. The third-order valence-electron chi connectivity index (χ3n) is 2.89. The molecule has 20 heavy (non-hydrogen) atoms. The molecule has 0 saturated heterocycles. The van der Waals surface area contributed by atoms with Gasteiger partial charge in [-0.3, -0.25) is 14.4 Å². The number of nitrogens with two attached hydrogens (primary N) is 1. The molecule has 0 saturated carbocycles. The molecule has 0 aromatic carbocycles. The van der Waals surface area contributed by atoms with Crippen LogP contribution in [0.5, 0.6) is 0 Å². The van der Waals surface area contributed by atoms with Crippen LogP contribution in [-0.4, -0.2) is 41.0 Å². The Morgan fingerprint density at radius 1 is 1.25 bits per heavy atom. The minimum absolute atomic E-state index is 0.00920. The lowest BCUT2D eigenvalue weighted by atomic mass is 9.98. The molecule has 5 N–H and O–H groups in total. The number of aliphatic carboxylic acids is 1. The van der Waals surface area contributed by atoms with Crippen molar-refractivity contribution in [2.75, 3.05) is 6.54 Å². The van der Waals surface area contributed by atoms with Gasteiger partial charge in [-0.1, -0.05) is 13.8 Å². The highest BCUT2D eigenvalue weighted by atomic mass is 16.4. The van der Waals surface area contributed by atoms with Crippen LogP contribution in [0.25, 0.3) is 0 Å². The van der Waals surface area contributed by atoms with Gasteiger partial charge in [-0.25, -0.2) is 0 Å². The zero-order valence-electron chi connectivity index (χ0n) is 12.5. The van der Waals surface area contributed by atoms with Crippen molar-refractivity contribution in [1.82, 2.24) is 10.6 Å². The highest BCUT2D eigenvalue weighted by molar-refractivity contribution is 5.87. The molecule has 0 aliphatic heterocycles. The third-order valence-corrected chi connectivity index (χ3v) is 2.89. The Morgan fingerprint density at radius 3 is 2.25 bits per heavy atom. The summed E-state index contributed by atoms with van der Waals surface area (Å²) in [7, 11) is 0. The third kappa shape index (κ3) is 7.73. The fourth-order valence-electron chi connectivity index (χ4n) is 1.49. The summed E-state index contributed by atoms with van der Waals surface area (Å²) in [6, 6.07) is -0.650. The lowest BCUT2D eigenvalue weighted by Crippen LogP contribution is -2.51. The Hall–Kier alpha value is -1.63. The maximum absolute atomic E-state index is 11.7. The molecule has 0 bridgehead atoms. The van der Waals surface area contributed by atoms with Crippen LogP contribution in [0.3, 0.4) is 0 Å². The minimum atomic E-state index is -0.913. The fraction of sp³-hybridized carbons (Fsp3) is 0.769. The van der Waals surface area contributed by atoms with Crippen molar-refractivity contribution >= 4 is 17.8 Å². The smallest absolute Gasteiger partial charge is 0.303 e. The molecule has 0 aromatic heterocycles. The summed E-state index contributed by atoms with van der Waals surface area (Å²) in [6.45, 7) is 6.93. The normalized spacial score (nSPS) is 12.9. The Kier molecular flexibility index (Phi) is 7.20. The first kappa shape index (κ1) is 18.4. The van der Waals surface area contributed by atoms with E-state index in [1.54, 1.807) is 13.8 Å². The lowest BCUT2D eigenvalue weighted by Gasteiger charge is -2.26. The van der Waals surface area contributed by atoms with E-state index in [0.717, 1.165) is 0 Å². The number of carboxylic acid groups (broad SMARTS) is 1. The van der Waals surface area contributed by atoms with E-state index in [2.05, 4.69) is 10.6 Å². The minimum Gasteiger partial charge on any atom is -0.481 e. The Balaban J connectivity index is 4.16. The molecule has 116 valence electrons. The zero-order chi connectivity index (χ0) is 15.9. The summed E-state index contributed by atoms with van der Waals surface area (Å²) in [6.07, 6.45) is 0.283. The number of rotatable bonds is 8. The Labute approximate surface area is 119 Å². The lowest BCUT2D eigenvalue weighted by molar-refractivity contribution is -0.137. The molecule has 0 unspecified atom stereocenters. The van der Waals surface area contributed by atoms with Crippen molar-refractivity contribution in [3.8, 4) is 0 Å². The SMILES string of the molecule is CC(C)[C@H](N)C(=O)NCC(=O)NC(C)(C)CCC(=O)O. The van der Waals surface area contributed by atoms with Crippen LogP contribution in [0.15, 0.2) is 0 Å². The maximum Gasteiger partial charge on any atom is 0.303 e. The first-order chi connectivity index (χ1) is 9.05. The van der Waals surface area contributed by atoms with Gasteiger partial charge in [-0.2, -0.15) is 0 Å². The van der Waals surface area contributed by atoms with E-state index >= 15 is 0 Å². The van der Waals surface area contributed by atoms with Gasteiger partial charge >= 0.3 is 5.97 Å². The summed E-state index contributed by atoms with van der Waals surface area (Å²) >= 11 is 0. The quantitative estimate of drug-likeness (QED) is 0.494. The van der Waals surface area contributed by atoms with Crippen molar-refractivity contribution in [2.45, 2.75) is 52.1 Å². The monoisotopic (exact) mass is 287 g/mol. The van der Waals surface area contributed by atoms with Crippen LogP contribution >= 0.6 is 0 Å². The van der Waals surface area contributed by atoms with E-state index in [9.17, 15) is 14.4 Å². The van der Waals surface area contributed by atoms with Gasteiger partial charge in [-0.15, -0.1) is 0 Å². The molecule has 0 aliphatic rings. The molecule has 1 atom stereocenters. The van der Waals surface area contributed by atoms with Gasteiger partial charge in [0.2, 0.25) is 11.8 Å². The first-order valence-corrected chi connectivity index (χ1v) is 6.61. The number of carbonyl (C=O) groups is 3. The van der Waals surface area contributed by atoms with Gasteiger partial charge in [0.1, 0.15) is 0 Å². The van der Waals surface area contributed by atoms with Crippen LogP contribution in [0.4, 0.5) is 0 Å². The van der Waals surface area contributed by atoms with Crippen LogP contribution in [-0.2, 0) is 14.4 Å². The van der Waals surface area contributed by atoms with E-state index in [-0.39, 0.29) is 30.7 Å². The number of carbonyl (C=O) groups excluding carboxylic acids is 2. The highest BCUT2D eigenvalue weighted by Gasteiger charge is 2.22. The molecule has 0 fully saturated rings. The van der Waals surface area contributed by atoms with E-state index in [1.807, 2.05) is 13.8 Å². The van der Waals surface area contributed by atoms with Gasteiger partial charge < -0.3 is 21.5 Å². The average molecular weight is 287 g/mol. The Bertz CT molecular complexity index is 367. The molecule has 0 radical (unpaired) electrons. The van der Waals surface area contributed by atoms with Gasteiger partial charge in [0.25, 0.3) is 0 Å². The molecular formula is C13H25N3O4. The fourth-order valence-corrected chi connectivity index (χ4v) is 1.49. The van der Waals surface area contributed by atoms with Crippen LogP contribution < -0.4 is 16.4 Å². The molecule has 2 amide bonds. The number of amides is 2. The van der Waals surface area contributed by atoms with Crippen LogP contribution in [0.1, 0.15) is 40.5 Å². The molecule has 0 rings (SSSR count). The predicted octanol–water partition coefficient (Wildman–Crippen LogP) is -0.154. The Morgan fingerprint density at radius 2 is 1.80 bits per heavy atom. The molecule has 7 heteroatoms. The summed E-state index contributed by atoms with van der Waals surface area (Å²) in [4.78, 5) is 33.8. The second kappa shape index (κ2) is 7.84. The summed E-state index contributed by atoms with van der Waals surface area (Å²) in [5, 5.41) is 13.8. The standard InChI is InChI=1S/C13H25N3O4/c1-8(2)11(14)12(20)15-7-9(17)16-13(3,4)6-5-10(18)19/h8,11H,5-7,14H2,1-4H3,(H,15,20)(H,16,17)(H,18,19)/t11-/m0/s1. The summed E-state index contributed by atoms with van der Waals surface area (Å²) in [5.74, 6) is -1.67. The second-order valence-corrected chi connectivity index (χ2v) is 5.81. The molecule has 7 nitrogen and oxygen atoms in total. The van der Waals surface area contributed by atoms with Crippen molar-refractivity contribution in [3.63, 3.8) is 0 Å². The van der Waals surface area contributed by atoms with Crippen molar-refractivity contribution < 1.29 is 19.5 Å². The topological polar surface area (TPSA) is 122 Å². The summed E-state index contributed by atoms with van der Waals surface area (Å²) < 4.78 is 0. The molecule has 0 heterocycles. The van der Waals surface area contributed by atoms with Gasteiger partial charge in [0.15, 0.2) is 0 Å². The van der Waals surface area contributed by atoms with E-state index < -0.39 is 17.6 Å². The van der Waals surface area contributed by atoms with E-state index in [4.69, 9.17) is 10.8 Å². The molecule has 0 aromatic rings. The maximum atomic E-state index is 11.7. The number of nitrogens with one attached hydrogen (secondary N) is 2. The van der Waals surface area contributed by atoms with Crippen LogP contribution in [0.2, 0.25) is 0 Å². The predicted molar refractivity (Wildman–Crippen MR) is 74.9 cm³/mol. The largest absolute Gasteiger partial charge is 0.481 e. The first-order valence-electron chi connectivity index (χ1n) is 6.61. The second-order valence-electron chi connectivity index (χ2n) is 5.81. The highest BCUT2D eigenvalue weighted by Crippen LogP contribution is 2.10. The molecule has 0 aliphatic carbocycles. The van der Waals surface area contributed by atoms with Gasteiger partial charge in [-0.05, 0) is 26.2 Å². The van der Waals surface area contributed by atoms with Crippen molar-refractivity contribution in [1.29, 1.82) is 0 Å². The zero-order valence-corrected chi connectivity index (χ0v) is 12.5. The van der Waals surface area contributed by atoms with Crippen molar-refractivity contribution in [2.24, 2.45) is 11.7 Å². The van der Waals surface area contributed by atoms with Gasteiger partial charge in [0, 0.05) is 12.0 Å². The van der Waals surface area contributed by atoms with E-state index in [0.29, 0.717) is 6.42 Å².